The van der Waals surface area contributed by atoms with Crippen molar-refractivity contribution < 1.29 is 4.79 Å². The molecule has 4 nitrogen and oxygen atoms in total. The second kappa shape index (κ2) is 9.64. The number of carbonyl (C=O) groups excluding carboxylic acids is 1. The van der Waals surface area contributed by atoms with E-state index >= 15 is 0 Å². The van der Waals surface area contributed by atoms with Gasteiger partial charge < -0.3 is 9.78 Å². The fourth-order valence-corrected chi connectivity index (χ4v) is 5.58. The van der Waals surface area contributed by atoms with Crippen molar-refractivity contribution in [1.29, 1.82) is 0 Å². The molecule has 0 amide bonds. The Morgan fingerprint density at radius 1 is 1.06 bits per heavy atom. The number of aromatic nitrogens is 3. The van der Waals surface area contributed by atoms with Gasteiger partial charge in [-0.15, -0.1) is 0 Å². The van der Waals surface area contributed by atoms with Gasteiger partial charge in [-0.3, -0.25) is 4.98 Å². The molecular weight excluding hydrogens is 430 g/mol. The molecule has 2 aromatic heterocycles. The van der Waals surface area contributed by atoms with Crippen LogP contribution in [0.25, 0.3) is 33.8 Å². The largest absolute Gasteiger partial charge is 0.338 e. The summed E-state index contributed by atoms with van der Waals surface area (Å²) in [6, 6.07) is 13.0. The molecule has 0 spiro atoms. The van der Waals surface area contributed by atoms with Crippen molar-refractivity contribution >= 4 is 29.0 Å². The van der Waals surface area contributed by atoms with E-state index in [9.17, 15) is 4.79 Å². The van der Waals surface area contributed by atoms with Gasteiger partial charge >= 0.3 is 0 Å². The zero-order valence-corrected chi connectivity index (χ0v) is 19.8. The molecule has 2 aliphatic carbocycles. The number of aromatic amines is 1. The molecule has 0 radical (unpaired) electrons. The lowest BCUT2D eigenvalue weighted by Gasteiger charge is -2.27. The van der Waals surface area contributed by atoms with E-state index in [2.05, 4.69) is 54.4 Å². The zero-order chi connectivity index (χ0) is 22.8. The van der Waals surface area contributed by atoms with Gasteiger partial charge in [0.05, 0.1) is 11.0 Å². The molecule has 1 atom stereocenters. The lowest BCUT2D eigenvalue weighted by molar-refractivity contribution is -0.108. The summed E-state index contributed by atoms with van der Waals surface area (Å²) >= 11 is 6.50. The Bertz CT molecular complexity index is 1240. The molecule has 0 saturated heterocycles. The standard InChI is InChI=1S/C28H30ClN3O/c1-2-18-15-24(29)27-26(16-18)31-28(32-27)23-11-12-25(30-17-23)22-9-7-21(8-10-22)20-5-3-19(4-6-20)13-14-33/h7-12,14,16-20H,2-6,13,15H2,1H3,(H,31,32). The number of imidazole rings is 1. The molecule has 2 heterocycles. The van der Waals surface area contributed by atoms with Crippen molar-refractivity contribution in [2.45, 2.75) is 57.8 Å². The number of halogens is 1. The van der Waals surface area contributed by atoms with Crippen LogP contribution in [0.2, 0.25) is 0 Å². The zero-order valence-electron chi connectivity index (χ0n) is 19.1. The highest BCUT2D eigenvalue weighted by Crippen LogP contribution is 2.37. The Hall–Kier alpha value is -2.72. The predicted octanol–water partition coefficient (Wildman–Crippen LogP) is 5.56. The summed E-state index contributed by atoms with van der Waals surface area (Å²) in [5.41, 5.74) is 4.44. The third-order valence-corrected chi connectivity index (χ3v) is 7.68. The number of fused-ring (bicyclic) bond motifs is 1. The lowest BCUT2D eigenvalue weighted by Crippen LogP contribution is -2.31. The van der Waals surface area contributed by atoms with Crippen molar-refractivity contribution in [3.8, 4) is 22.6 Å². The quantitative estimate of drug-likeness (QED) is 0.491. The topological polar surface area (TPSA) is 58.6 Å². The van der Waals surface area contributed by atoms with E-state index in [1.165, 1.54) is 18.4 Å². The maximum atomic E-state index is 10.8. The van der Waals surface area contributed by atoms with E-state index in [-0.39, 0.29) is 0 Å². The highest BCUT2D eigenvalue weighted by Gasteiger charge is 2.22. The molecular formula is C28H30ClN3O. The predicted molar refractivity (Wildman–Crippen MR) is 134 cm³/mol. The first-order valence-corrected chi connectivity index (χ1v) is 12.5. The maximum Gasteiger partial charge on any atom is 0.140 e. The summed E-state index contributed by atoms with van der Waals surface area (Å²) in [6.45, 7) is 2.18. The minimum atomic E-state index is 0.466. The molecule has 0 bridgehead atoms. The summed E-state index contributed by atoms with van der Waals surface area (Å²) < 4.78 is 0. The van der Waals surface area contributed by atoms with Crippen LogP contribution in [0.3, 0.4) is 0 Å². The van der Waals surface area contributed by atoms with Gasteiger partial charge in [0.1, 0.15) is 17.5 Å². The number of hydrogen-bond acceptors (Lipinski definition) is 3. The van der Waals surface area contributed by atoms with E-state index in [0.29, 0.717) is 17.8 Å². The fraction of sp³-hybridized carbons (Fsp3) is 0.393. The number of nitrogens with one attached hydrogen (secondary N) is 1. The van der Waals surface area contributed by atoms with E-state index in [1.807, 2.05) is 6.20 Å². The van der Waals surface area contributed by atoms with Crippen molar-refractivity contribution in [2.75, 3.05) is 0 Å². The number of pyridine rings is 1. The Morgan fingerprint density at radius 3 is 2.48 bits per heavy atom. The number of benzene rings is 1. The van der Waals surface area contributed by atoms with Crippen LogP contribution in [0, 0.1) is 11.8 Å². The normalized spacial score (nSPS) is 22.5. The van der Waals surface area contributed by atoms with Crippen molar-refractivity contribution in [3.05, 3.63) is 58.9 Å². The van der Waals surface area contributed by atoms with Gasteiger partial charge in [0.2, 0.25) is 0 Å². The minimum absolute atomic E-state index is 0.466. The van der Waals surface area contributed by atoms with Crippen LogP contribution in [0.4, 0.5) is 0 Å². The average molecular weight is 460 g/mol. The average Bonchev–Trinajstić information content (AvgIpc) is 3.30. The molecule has 1 aromatic carbocycles. The number of aldehydes is 1. The monoisotopic (exact) mass is 459 g/mol. The van der Waals surface area contributed by atoms with Gasteiger partial charge in [-0.25, -0.2) is 4.98 Å². The van der Waals surface area contributed by atoms with E-state index < -0.39 is 0 Å². The summed E-state index contributed by atoms with van der Waals surface area (Å²) in [5, 5.41) is 2.73. The Morgan fingerprint density at radius 2 is 1.82 bits per heavy atom. The molecule has 3 aromatic rings. The third-order valence-electron chi connectivity index (χ3n) is 7.35. The molecule has 5 rings (SSSR count). The van der Waals surface area contributed by atoms with Gasteiger partial charge in [0, 0.05) is 28.8 Å². The first kappa shape index (κ1) is 22.1. The lowest BCUT2D eigenvalue weighted by atomic mass is 9.77. The van der Waals surface area contributed by atoms with Crippen LogP contribution in [-0.4, -0.2) is 21.2 Å². The van der Waals surface area contributed by atoms with Gasteiger partial charge in [-0.1, -0.05) is 48.9 Å². The van der Waals surface area contributed by atoms with E-state index in [4.69, 9.17) is 21.6 Å². The molecule has 2 aliphatic rings. The molecule has 1 unspecified atom stereocenters. The molecule has 170 valence electrons. The van der Waals surface area contributed by atoms with Crippen molar-refractivity contribution in [1.82, 2.24) is 15.0 Å². The Kier molecular flexibility index (Phi) is 6.45. The number of carbonyl (C=O) groups is 1. The summed E-state index contributed by atoms with van der Waals surface area (Å²) in [6.07, 6.45) is 12.5. The summed E-state index contributed by atoms with van der Waals surface area (Å²) in [5.74, 6) is 2.47. The smallest absolute Gasteiger partial charge is 0.140 e. The number of hydrogen-bond donors (Lipinski definition) is 1. The first-order chi connectivity index (χ1) is 16.1. The molecule has 1 saturated carbocycles. The molecule has 5 heteroatoms. The first-order valence-electron chi connectivity index (χ1n) is 12.1. The fourth-order valence-electron chi connectivity index (χ4n) is 5.23. The Balaban J connectivity index is 1.31. The van der Waals surface area contributed by atoms with E-state index in [1.54, 1.807) is 0 Å². The number of nitrogens with zero attached hydrogens (tertiary/aromatic N) is 2. The summed E-state index contributed by atoms with van der Waals surface area (Å²) in [4.78, 5) is 23.6. The second-order valence-electron chi connectivity index (χ2n) is 9.47. The van der Waals surface area contributed by atoms with Crippen LogP contribution in [0.15, 0.2) is 42.6 Å². The Labute approximate surface area is 199 Å². The highest BCUT2D eigenvalue weighted by atomic mass is 35.5. The van der Waals surface area contributed by atoms with Crippen LogP contribution >= 0.6 is 11.6 Å². The van der Waals surface area contributed by atoms with E-state index in [0.717, 1.165) is 76.8 Å². The second-order valence-corrected chi connectivity index (χ2v) is 9.92. The summed E-state index contributed by atoms with van der Waals surface area (Å²) in [7, 11) is 0. The highest BCUT2D eigenvalue weighted by molar-refractivity contribution is 6.45. The van der Waals surface area contributed by atoms with Gasteiger partial charge in [-0.05, 0) is 74.0 Å². The van der Waals surface area contributed by atoms with Gasteiger partial charge in [-0.2, -0.15) is 0 Å². The van der Waals surface area contributed by atoms with Gasteiger partial charge in [0.15, 0.2) is 0 Å². The maximum absolute atomic E-state index is 10.8. The molecule has 0 aliphatic heterocycles. The number of rotatable bonds is 6. The SMILES string of the molecule is CCC1C=c2[nH]c(-c3ccc(-c4ccc(C5CCC(CC=O)CC5)cc4)nc3)nc2=C(Cl)C1. The van der Waals surface area contributed by atoms with Crippen LogP contribution < -0.4 is 10.7 Å². The van der Waals surface area contributed by atoms with Gasteiger partial charge in [0.25, 0.3) is 0 Å². The van der Waals surface area contributed by atoms with Crippen LogP contribution in [0.1, 0.15) is 63.4 Å². The molecule has 1 N–H and O–H groups in total. The third kappa shape index (κ3) is 4.67. The van der Waals surface area contributed by atoms with Crippen molar-refractivity contribution in [2.24, 2.45) is 11.8 Å². The van der Waals surface area contributed by atoms with Crippen molar-refractivity contribution in [3.63, 3.8) is 0 Å². The molecule has 33 heavy (non-hydrogen) atoms. The van der Waals surface area contributed by atoms with Crippen LogP contribution in [-0.2, 0) is 4.79 Å². The molecule has 1 fully saturated rings. The van der Waals surface area contributed by atoms with Crippen LogP contribution in [0.5, 0.6) is 0 Å². The number of H-pyrrole nitrogens is 1. The minimum Gasteiger partial charge on any atom is -0.338 e.